The van der Waals surface area contributed by atoms with E-state index >= 15 is 0 Å². The third kappa shape index (κ3) is 3.05. The van der Waals surface area contributed by atoms with Crippen LogP contribution in [0.15, 0.2) is 12.7 Å². The summed E-state index contributed by atoms with van der Waals surface area (Å²) in [5.41, 5.74) is -0.818. The van der Waals surface area contributed by atoms with Gasteiger partial charge in [0, 0.05) is 0 Å². The average Bonchev–Trinajstić information content (AvgIpc) is 2.55. The Hall–Kier alpha value is -1.03. The van der Waals surface area contributed by atoms with Gasteiger partial charge in [0.25, 0.3) is 0 Å². The maximum absolute atomic E-state index is 11.4. The molecular weight excluding hydrogens is 230 g/mol. The Balaban J connectivity index is 2.80. The molecule has 104 valence electrons. The minimum absolute atomic E-state index is 0.0881. The molecule has 1 N–H and O–H groups in total. The molecule has 0 radical (unpaired) electrons. The van der Waals surface area contributed by atoms with Crippen LogP contribution in [0, 0.1) is 5.41 Å². The van der Waals surface area contributed by atoms with Crippen molar-refractivity contribution in [2.75, 3.05) is 6.61 Å². The molecule has 1 atom stereocenters. The largest absolute Gasteiger partial charge is 0.465 e. The van der Waals surface area contributed by atoms with E-state index in [0.717, 1.165) is 19.3 Å². The molecule has 1 amide bonds. The predicted molar refractivity (Wildman–Crippen MR) is 71.5 cm³/mol. The summed E-state index contributed by atoms with van der Waals surface area (Å²) >= 11 is 0. The summed E-state index contributed by atoms with van der Waals surface area (Å²) in [6, 6.07) is -0.0881. The van der Waals surface area contributed by atoms with Crippen molar-refractivity contribution in [3.63, 3.8) is 0 Å². The van der Waals surface area contributed by atoms with Crippen LogP contribution in [0.4, 0.5) is 4.79 Å². The van der Waals surface area contributed by atoms with Crippen LogP contribution in [0.25, 0.3) is 0 Å². The second kappa shape index (κ2) is 5.31. The molecule has 0 aliphatic carbocycles. The Bertz CT molecular complexity index is 323. The predicted octanol–water partition coefficient (Wildman–Crippen LogP) is 3.48. The number of nitrogens with zero attached hydrogens (tertiary/aromatic N) is 1. The van der Waals surface area contributed by atoms with Gasteiger partial charge in [-0.05, 0) is 38.5 Å². The number of rotatable bonds is 5. The molecule has 1 heterocycles. The molecule has 1 fully saturated rings. The SMILES string of the molecule is C=CCCCC(C)(C)C1COC(C)(C)N1C(=O)O. The van der Waals surface area contributed by atoms with Crippen LogP contribution in [0.3, 0.4) is 0 Å². The molecule has 4 heteroatoms. The zero-order chi connectivity index (χ0) is 14.0. The average molecular weight is 255 g/mol. The topological polar surface area (TPSA) is 49.8 Å². The lowest BCUT2D eigenvalue weighted by molar-refractivity contribution is -0.0460. The van der Waals surface area contributed by atoms with Gasteiger partial charge < -0.3 is 9.84 Å². The van der Waals surface area contributed by atoms with E-state index in [9.17, 15) is 9.90 Å². The lowest BCUT2D eigenvalue weighted by Gasteiger charge is -2.39. The van der Waals surface area contributed by atoms with Gasteiger partial charge in [-0.3, -0.25) is 4.90 Å². The minimum atomic E-state index is -0.903. The van der Waals surface area contributed by atoms with Crippen LogP contribution >= 0.6 is 0 Å². The van der Waals surface area contributed by atoms with E-state index in [-0.39, 0.29) is 11.5 Å². The summed E-state index contributed by atoms with van der Waals surface area (Å²) in [6.45, 7) is 12.0. The number of ether oxygens (including phenoxy) is 1. The van der Waals surface area contributed by atoms with Crippen LogP contribution in [-0.2, 0) is 4.74 Å². The minimum Gasteiger partial charge on any atom is -0.465 e. The summed E-state index contributed by atoms with van der Waals surface area (Å²) in [5.74, 6) is 0. The number of amides is 1. The molecule has 0 aromatic rings. The van der Waals surface area contributed by atoms with Crippen molar-refractivity contribution in [2.45, 2.75) is 58.7 Å². The molecule has 0 bridgehead atoms. The molecule has 0 saturated carbocycles. The first-order valence-electron chi connectivity index (χ1n) is 6.49. The van der Waals surface area contributed by atoms with E-state index in [1.807, 2.05) is 6.08 Å². The number of unbranched alkanes of at least 4 members (excludes halogenated alkanes) is 1. The van der Waals surface area contributed by atoms with E-state index in [2.05, 4.69) is 20.4 Å². The van der Waals surface area contributed by atoms with Crippen molar-refractivity contribution in [1.82, 2.24) is 4.90 Å². The molecule has 0 aromatic carbocycles. The Kier molecular flexibility index (Phi) is 4.43. The van der Waals surface area contributed by atoms with E-state index in [1.54, 1.807) is 13.8 Å². The Labute approximate surface area is 110 Å². The molecule has 0 spiro atoms. The van der Waals surface area contributed by atoms with Gasteiger partial charge in [0.2, 0.25) is 0 Å². The van der Waals surface area contributed by atoms with Crippen molar-refractivity contribution in [3.05, 3.63) is 12.7 Å². The summed E-state index contributed by atoms with van der Waals surface area (Å²) in [7, 11) is 0. The van der Waals surface area contributed by atoms with Crippen LogP contribution in [-0.4, -0.2) is 34.5 Å². The highest BCUT2D eigenvalue weighted by Crippen LogP contribution is 2.39. The quantitative estimate of drug-likeness (QED) is 0.604. The molecule has 1 rings (SSSR count). The maximum atomic E-state index is 11.4. The first-order valence-corrected chi connectivity index (χ1v) is 6.49. The molecule has 1 saturated heterocycles. The second-order valence-electron chi connectivity index (χ2n) is 6.10. The third-order valence-electron chi connectivity index (χ3n) is 3.82. The third-order valence-corrected chi connectivity index (χ3v) is 3.82. The number of allylic oxidation sites excluding steroid dienone is 1. The van der Waals surface area contributed by atoms with Crippen LogP contribution in [0.1, 0.15) is 47.0 Å². The first kappa shape index (κ1) is 15.0. The lowest BCUT2D eigenvalue weighted by Crippen LogP contribution is -2.52. The van der Waals surface area contributed by atoms with Gasteiger partial charge in [0.05, 0.1) is 12.6 Å². The fourth-order valence-electron chi connectivity index (χ4n) is 2.61. The van der Waals surface area contributed by atoms with Crippen molar-refractivity contribution in [1.29, 1.82) is 0 Å². The number of hydrogen-bond donors (Lipinski definition) is 1. The maximum Gasteiger partial charge on any atom is 0.409 e. The van der Waals surface area contributed by atoms with Crippen LogP contribution in [0.2, 0.25) is 0 Å². The zero-order valence-corrected chi connectivity index (χ0v) is 11.9. The van der Waals surface area contributed by atoms with E-state index in [1.165, 1.54) is 4.90 Å². The molecule has 1 unspecified atom stereocenters. The van der Waals surface area contributed by atoms with E-state index < -0.39 is 11.8 Å². The van der Waals surface area contributed by atoms with Gasteiger partial charge in [-0.15, -0.1) is 6.58 Å². The summed E-state index contributed by atoms with van der Waals surface area (Å²) in [6.07, 6.45) is 3.96. The van der Waals surface area contributed by atoms with Crippen molar-refractivity contribution in [3.8, 4) is 0 Å². The van der Waals surface area contributed by atoms with Crippen molar-refractivity contribution in [2.24, 2.45) is 5.41 Å². The standard InChI is InChI=1S/C14H25NO3/c1-6-7-8-9-13(2,3)11-10-18-14(4,5)15(11)12(16)17/h6,11H,1,7-10H2,2-5H3,(H,16,17). The molecule has 0 aromatic heterocycles. The van der Waals surface area contributed by atoms with Crippen molar-refractivity contribution < 1.29 is 14.6 Å². The Morgan fingerprint density at radius 2 is 2.22 bits per heavy atom. The van der Waals surface area contributed by atoms with Gasteiger partial charge in [-0.2, -0.15) is 0 Å². The van der Waals surface area contributed by atoms with Gasteiger partial charge >= 0.3 is 6.09 Å². The summed E-state index contributed by atoms with van der Waals surface area (Å²) < 4.78 is 5.64. The fraction of sp³-hybridized carbons (Fsp3) is 0.786. The molecular formula is C14H25NO3. The van der Waals surface area contributed by atoms with Crippen LogP contribution in [0.5, 0.6) is 0 Å². The monoisotopic (exact) mass is 255 g/mol. The van der Waals surface area contributed by atoms with E-state index in [4.69, 9.17) is 4.74 Å². The van der Waals surface area contributed by atoms with Gasteiger partial charge in [-0.25, -0.2) is 4.79 Å². The van der Waals surface area contributed by atoms with Gasteiger partial charge in [0.15, 0.2) is 0 Å². The first-order chi connectivity index (χ1) is 8.22. The molecule has 4 nitrogen and oxygen atoms in total. The van der Waals surface area contributed by atoms with Gasteiger partial charge in [-0.1, -0.05) is 19.9 Å². The second-order valence-corrected chi connectivity index (χ2v) is 6.10. The van der Waals surface area contributed by atoms with Crippen LogP contribution < -0.4 is 0 Å². The van der Waals surface area contributed by atoms with Gasteiger partial charge in [0.1, 0.15) is 5.72 Å². The highest BCUT2D eigenvalue weighted by molar-refractivity contribution is 5.66. The molecule has 1 aliphatic rings. The van der Waals surface area contributed by atoms with Crippen molar-refractivity contribution >= 4 is 6.09 Å². The Morgan fingerprint density at radius 1 is 1.61 bits per heavy atom. The lowest BCUT2D eigenvalue weighted by atomic mass is 9.79. The molecule has 18 heavy (non-hydrogen) atoms. The highest BCUT2D eigenvalue weighted by Gasteiger charge is 2.49. The number of carboxylic acid groups (broad SMARTS) is 1. The number of hydrogen-bond acceptors (Lipinski definition) is 2. The smallest absolute Gasteiger partial charge is 0.409 e. The van der Waals surface area contributed by atoms with E-state index in [0.29, 0.717) is 6.61 Å². The molecule has 1 aliphatic heterocycles. The highest BCUT2D eigenvalue weighted by atomic mass is 16.5. The summed E-state index contributed by atoms with van der Waals surface area (Å²) in [5, 5.41) is 9.38. The number of carbonyl (C=O) groups is 1. The fourth-order valence-corrected chi connectivity index (χ4v) is 2.61. The normalized spacial score (nSPS) is 23.1. The summed E-state index contributed by atoms with van der Waals surface area (Å²) in [4.78, 5) is 12.9. The zero-order valence-electron chi connectivity index (χ0n) is 11.9. The Morgan fingerprint density at radius 3 is 2.72 bits per heavy atom.